The average Bonchev–Trinajstić information content (AvgIpc) is 2.93. The highest BCUT2D eigenvalue weighted by Gasteiger charge is 2.45. The van der Waals surface area contributed by atoms with Crippen LogP contribution in [0, 0.1) is 0 Å². The zero-order valence-electron chi connectivity index (χ0n) is 14.9. The van der Waals surface area contributed by atoms with Crippen molar-refractivity contribution in [3.05, 3.63) is 34.9 Å². The van der Waals surface area contributed by atoms with Gasteiger partial charge in [0.05, 0.1) is 11.1 Å². The van der Waals surface area contributed by atoms with Gasteiger partial charge < -0.3 is 10.6 Å². The minimum Gasteiger partial charge on any atom is -0.317 e. The van der Waals surface area contributed by atoms with Crippen molar-refractivity contribution >= 4 is 23.6 Å². The molecule has 3 N–H and O–H groups in total. The molecule has 0 saturated carbocycles. The van der Waals surface area contributed by atoms with E-state index in [2.05, 4.69) is 16.0 Å². The highest BCUT2D eigenvalue weighted by atomic mass is 16.2. The van der Waals surface area contributed by atoms with Crippen LogP contribution in [-0.4, -0.2) is 53.7 Å². The van der Waals surface area contributed by atoms with Crippen LogP contribution in [0.15, 0.2) is 18.2 Å². The van der Waals surface area contributed by atoms with Crippen LogP contribution in [0.5, 0.6) is 0 Å². The van der Waals surface area contributed by atoms with E-state index in [1.165, 1.54) is 0 Å². The molecule has 0 radical (unpaired) electrons. The lowest BCUT2D eigenvalue weighted by Crippen LogP contribution is -2.54. The highest BCUT2D eigenvalue weighted by molar-refractivity contribution is 6.24. The Morgan fingerprint density at radius 3 is 2.56 bits per heavy atom. The zero-order valence-corrected chi connectivity index (χ0v) is 14.9. The lowest BCUT2D eigenvalue weighted by molar-refractivity contribution is -0.136. The van der Waals surface area contributed by atoms with Crippen molar-refractivity contribution in [2.45, 2.75) is 44.3 Å². The molecule has 3 heterocycles. The quantitative estimate of drug-likeness (QED) is 0.641. The molecule has 0 aromatic heterocycles. The van der Waals surface area contributed by atoms with Crippen molar-refractivity contribution in [3.63, 3.8) is 0 Å². The third-order valence-electron chi connectivity index (χ3n) is 5.47. The Hall–Kier alpha value is -2.58. The number of rotatable bonds is 4. The molecule has 3 aliphatic rings. The fourth-order valence-electron chi connectivity index (χ4n) is 4.01. The molecular formula is C19H22N4O4. The Labute approximate surface area is 156 Å². The number of carbonyl (C=O) groups excluding carboxylic acids is 4. The van der Waals surface area contributed by atoms with Gasteiger partial charge in [0.15, 0.2) is 0 Å². The number of carbonyl (C=O) groups is 4. The monoisotopic (exact) mass is 370 g/mol. The van der Waals surface area contributed by atoms with Gasteiger partial charge in [-0.05, 0) is 44.0 Å². The van der Waals surface area contributed by atoms with Crippen LogP contribution in [0.3, 0.4) is 0 Å². The number of nitrogens with zero attached hydrogens (tertiary/aromatic N) is 1. The number of hydrogen-bond donors (Lipinski definition) is 3. The molecule has 4 amide bonds. The van der Waals surface area contributed by atoms with E-state index < -0.39 is 23.8 Å². The summed E-state index contributed by atoms with van der Waals surface area (Å²) in [5.74, 6) is -1.88. The van der Waals surface area contributed by atoms with E-state index in [0.717, 1.165) is 36.4 Å². The third-order valence-corrected chi connectivity index (χ3v) is 5.47. The van der Waals surface area contributed by atoms with Gasteiger partial charge in [0, 0.05) is 19.0 Å². The molecule has 0 spiro atoms. The normalized spacial score (nSPS) is 23.6. The molecule has 4 rings (SSSR count). The van der Waals surface area contributed by atoms with Gasteiger partial charge in [-0.3, -0.25) is 29.4 Å². The second-order valence-electron chi connectivity index (χ2n) is 7.19. The fourth-order valence-corrected chi connectivity index (χ4v) is 4.01. The number of hydrogen-bond acceptors (Lipinski definition) is 6. The van der Waals surface area contributed by atoms with Crippen molar-refractivity contribution in [1.82, 2.24) is 20.9 Å². The van der Waals surface area contributed by atoms with Crippen molar-refractivity contribution in [2.24, 2.45) is 0 Å². The Balaban J connectivity index is 1.55. The Morgan fingerprint density at radius 1 is 1.04 bits per heavy atom. The van der Waals surface area contributed by atoms with E-state index in [9.17, 15) is 19.2 Å². The van der Waals surface area contributed by atoms with Crippen LogP contribution in [0.2, 0.25) is 0 Å². The minimum atomic E-state index is -0.930. The maximum atomic E-state index is 13.0. The molecule has 1 aromatic rings. The van der Waals surface area contributed by atoms with Crippen molar-refractivity contribution < 1.29 is 19.2 Å². The summed E-state index contributed by atoms with van der Waals surface area (Å²) in [4.78, 5) is 50.4. The fraction of sp³-hybridized carbons (Fsp3) is 0.474. The van der Waals surface area contributed by atoms with Gasteiger partial charge in [-0.1, -0.05) is 12.1 Å². The topological polar surface area (TPSA) is 108 Å². The number of imide groups is 2. The second-order valence-corrected chi connectivity index (χ2v) is 7.19. The molecule has 2 saturated heterocycles. The maximum Gasteiger partial charge on any atom is 0.262 e. The lowest BCUT2D eigenvalue weighted by Gasteiger charge is -2.28. The van der Waals surface area contributed by atoms with Crippen LogP contribution >= 0.6 is 0 Å². The van der Waals surface area contributed by atoms with E-state index in [4.69, 9.17) is 0 Å². The summed E-state index contributed by atoms with van der Waals surface area (Å²) in [5, 5.41) is 8.99. The predicted octanol–water partition coefficient (Wildman–Crippen LogP) is -0.0706. The van der Waals surface area contributed by atoms with E-state index in [1.807, 2.05) is 6.07 Å². The summed E-state index contributed by atoms with van der Waals surface area (Å²) in [6.07, 6.45) is 2.32. The first-order valence-corrected chi connectivity index (χ1v) is 9.34. The average molecular weight is 370 g/mol. The van der Waals surface area contributed by atoms with Gasteiger partial charge in [0.25, 0.3) is 11.8 Å². The standard InChI is InChI=1S/C19H22N4O4/c24-15-5-4-14(17(25)22-15)23-18(26)13-3-1-2-11(16(13)19(23)27)10-21-12-6-8-20-9-7-12/h1-3,12,14,20-21H,4-10H2,(H,22,24,25). The molecule has 0 aliphatic carbocycles. The molecule has 142 valence electrons. The molecule has 8 nitrogen and oxygen atoms in total. The second kappa shape index (κ2) is 7.21. The molecule has 3 aliphatic heterocycles. The molecule has 1 aromatic carbocycles. The van der Waals surface area contributed by atoms with Gasteiger partial charge in [0.1, 0.15) is 6.04 Å². The minimum absolute atomic E-state index is 0.119. The van der Waals surface area contributed by atoms with Crippen molar-refractivity contribution in [1.29, 1.82) is 0 Å². The number of benzene rings is 1. The van der Waals surface area contributed by atoms with E-state index >= 15 is 0 Å². The van der Waals surface area contributed by atoms with Crippen LogP contribution in [0.4, 0.5) is 0 Å². The van der Waals surface area contributed by atoms with Gasteiger partial charge >= 0.3 is 0 Å². The van der Waals surface area contributed by atoms with E-state index in [0.29, 0.717) is 23.7 Å². The molecule has 27 heavy (non-hydrogen) atoms. The van der Waals surface area contributed by atoms with Gasteiger partial charge in [0.2, 0.25) is 11.8 Å². The SMILES string of the molecule is O=C1CCC(N2C(=O)c3cccc(CNC4CCNCC4)c3C2=O)C(=O)N1. The summed E-state index contributed by atoms with van der Waals surface area (Å²) in [5.41, 5.74) is 1.46. The summed E-state index contributed by atoms with van der Waals surface area (Å²) in [6, 6.07) is 4.67. The first-order valence-electron chi connectivity index (χ1n) is 9.34. The van der Waals surface area contributed by atoms with E-state index in [1.54, 1.807) is 12.1 Å². The Kier molecular flexibility index (Phi) is 4.75. The van der Waals surface area contributed by atoms with E-state index in [-0.39, 0.29) is 18.7 Å². The van der Waals surface area contributed by atoms with Gasteiger partial charge in [-0.15, -0.1) is 0 Å². The zero-order chi connectivity index (χ0) is 19.0. The first kappa shape index (κ1) is 17.8. The number of fused-ring (bicyclic) bond motifs is 1. The van der Waals surface area contributed by atoms with Crippen molar-refractivity contribution in [3.8, 4) is 0 Å². The van der Waals surface area contributed by atoms with Crippen LogP contribution in [0.1, 0.15) is 52.0 Å². The van der Waals surface area contributed by atoms with Crippen LogP contribution in [-0.2, 0) is 16.1 Å². The van der Waals surface area contributed by atoms with Gasteiger partial charge in [-0.25, -0.2) is 0 Å². The van der Waals surface area contributed by atoms with Crippen LogP contribution in [0.25, 0.3) is 0 Å². The lowest BCUT2D eigenvalue weighted by atomic mass is 10.0. The summed E-state index contributed by atoms with van der Waals surface area (Å²) < 4.78 is 0. The summed E-state index contributed by atoms with van der Waals surface area (Å²) in [7, 11) is 0. The largest absolute Gasteiger partial charge is 0.317 e. The molecule has 8 heteroatoms. The Bertz CT molecular complexity index is 816. The maximum absolute atomic E-state index is 13.0. The summed E-state index contributed by atoms with van der Waals surface area (Å²) >= 11 is 0. The molecule has 1 unspecified atom stereocenters. The first-order chi connectivity index (χ1) is 13.1. The number of amides is 4. The molecular weight excluding hydrogens is 348 g/mol. The number of piperidine rings is 2. The number of nitrogens with one attached hydrogen (secondary N) is 3. The summed E-state index contributed by atoms with van der Waals surface area (Å²) in [6.45, 7) is 2.42. The van der Waals surface area contributed by atoms with Crippen LogP contribution < -0.4 is 16.0 Å². The third kappa shape index (κ3) is 3.26. The Morgan fingerprint density at radius 2 is 1.81 bits per heavy atom. The van der Waals surface area contributed by atoms with Gasteiger partial charge in [-0.2, -0.15) is 0 Å². The predicted molar refractivity (Wildman–Crippen MR) is 95.8 cm³/mol. The highest BCUT2D eigenvalue weighted by Crippen LogP contribution is 2.30. The van der Waals surface area contributed by atoms with Crippen molar-refractivity contribution in [2.75, 3.05) is 13.1 Å². The molecule has 2 fully saturated rings. The molecule has 0 bridgehead atoms. The molecule has 1 atom stereocenters. The smallest absolute Gasteiger partial charge is 0.262 e.